The van der Waals surface area contributed by atoms with Gasteiger partial charge in [-0.2, -0.15) is 0 Å². The van der Waals surface area contributed by atoms with Crippen molar-refractivity contribution in [1.82, 2.24) is 4.90 Å². The second-order valence-electron chi connectivity index (χ2n) is 4.80. The van der Waals surface area contributed by atoms with Gasteiger partial charge in [-0.15, -0.1) is 11.8 Å². The molecule has 0 aliphatic carbocycles. The molecule has 1 atom stereocenters. The predicted molar refractivity (Wildman–Crippen MR) is 79.4 cm³/mol. The van der Waals surface area contributed by atoms with Gasteiger partial charge in [-0.05, 0) is 24.6 Å². The molecule has 1 aliphatic heterocycles. The number of amides is 1. The number of nitrogens with zero attached hydrogens (tertiary/aromatic N) is 1. The van der Waals surface area contributed by atoms with Crippen molar-refractivity contribution in [3.05, 3.63) is 58.5 Å². The fourth-order valence-electron chi connectivity index (χ4n) is 2.34. The quantitative estimate of drug-likeness (QED) is 0.853. The third-order valence-electron chi connectivity index (χ3n) is 3.44. The van der Waals surface area contributed by atoms with Gasteiger partial charge in [-0.25, -0.2) is 4.79 Å². The van der Waals surface area contributed by atoms with E-state index in [4.69, 9.17) is 8.83 Å². The number of rotatable bonds is 2. The summed E-state index contributed by atoms with van der Waals surface area (Å²) in [4.78, 5) is 25.1. The highest BCUT2D eigenvalue weighted by atomic mass is 32.2. The van der Waals surface area contributed by atoms with Crippen LogP contribution in [0.5, 0.6) is 0 Å². The number of carbonyl (C=O) groups excluding carboxylic acids is 1. The molecule has 0 aromatic carbocycles. The number of carbonyl (C=O) groups is 1. The van der Waals surface area contributed by atoms with Gasteiger partial charge in [0.2, 0.25) is 0 Å². The van der Waals surface area contributed by atoms with Crippen LogP contribution in [0.25, 0.3) is 0 Å². The Morgan fingerprint density at radius 2 is 2.14 bits per heavy atom. The molecule has 0 N–H and O–H groups in total. The molecule has 0 radical (unpaired) electrons. The Morgan fingerprint density at radius 1 is 1.24 bits per heavy atom. The van der Waals surface area contributed by atoms with Crippen LogP contribution >= 0.6 is 11.8 Å². The number of furan rings is 1. The molecule has 0 spiro atoms. The average Bonchev–Trinajstić information content (AvgIpc) is 2.92. The van der Waals surface area contributed by atoms with Gasteiger partial charge in [-0.1, -0.05) is 0 Å². The Kier molecular flexibility index (Phi) is 4.15. The fraction of sp³-hybridized carbons (Fsp3) is 0.333. The van der Waals surface area contributed by atoms with Gasteiger partial charge < -0.3 is 13.7 Å². The van der Waals surface area contributed by atoms with Crippen molar-refractivity contribution in [3.63, 3.8) is 0 Å². The van der Waals surface area contributed by atoms with Crippen molar-refractivity contribution in [2.75, 3.05) is 18.8 Å². The van der Waals surface area contributed by atoms with E-state index < -0.39 is 5.63 Å². The standard InChI is InChI=1S/C15H15NO4S/c17-14-4-3-11(10-20-14)15(18)16-6-5-13(21-9-7-16)12-2-1-8-19-12/h1-4,8,10,13H,5-7,9H2. The molecule has 6 heteroatoms. The summed E-state index contributed by atoms with van der Waals surface area (Å²) in [6.07, 6.45) is 3.75. The molecule has 1 unspecified atom stereocenters. The number of hydrogen-bond donors (Lipinski definition) is 0. The molecule has 1 aliphatic rings. The minimum Gasteiger partial charge on any atom is -0.468 e. The summed E-state index contributed by atoms with van der Waals surface area (Å²) in [5.41, 5.74) is -0.0353. The zero-order valence-corrected chi connectivity index (χ0v) is 12.2. The second-order valence-corrected chi connectivity index (χ2v) is 6.11. The van der Waals surface area contributed by atoms with E-state index in [1.807, 2.05) is 12.1 Å². The predicted octanol–water partition coefficient (Wildman–Crippen LogP) is 2.55. The summed E-state index contributed by atoms with van der Waals surface area (Å²) in [6.45, 7) is 1.34. The van der Waals surface area contributed by atoms with E-state index in [9.17, 15) is 9.59 Å². The van der Waals surface area contributed by atoms with Crippen LogP contribution in [0, 0.1) is 0 Å². The number of hydrogen-bond acceptors (Lipinski definition) is 5. The van der Waals surface area contributed by atoms with E-state index in [1.165, 1.54) is 18.4 Å². The largest absolute Gasteiger partial charge is 0.468 e. The summed E-state index contributed by atoms with van der Waals surface area (Å²) < 4.78 is 10.2. The van der Waals surface area contributed by atoms with Crippen LogP contribution in [0.3, 0.4) is 0 Å². The first-order valence-electron chi connectivity index (χ1n) is 6.77. The molecule has 5 nitrogen and oxygen atoms in total. The zero-order valence-electron chi connectivity index (χ0n) is 11.4. The lowest BCUT2D eigenvalue weighted by molar-refractivity contribution is 0.0763. The van der Waals surface area contributed by atoms with E-state index >= 15 is 0 Å². The molecule has 1 saturated heterocycles. The van der Waals surface area contributed by atoms with E-state index in [0.717, 1.165) is 17.9 Å². The van der Waals surface area contributed by atoms with Crippen LogP contribution in [0.1, 0.15) is 27.8 Å². The van der Waals surface area contributed by atoms with Crippen LogP contribution in [-0.2, 0) is 0 Å². The minimum atomic E-state index is -0.448. The summed E-state index contributed by atoms with van der Waals surface area (Å²) >= 11 is 1.80. The Labute approximate surface area is 125 Å². The van der Waals surface area contributed by atoms with Crippen molar-refractivity contribution in [2.45, 2.75) is 11.7 Å². The zero-order chi connectivity index (χ0) is 14.7. The highest BCUT2D eigenvalue weighted by Crippen LogP contribution is 2.34. The lowest BCUT2D eigenvalue weighted by Gasteiger charge is -2.19. The van der Waals surface area contributed by atoms with Gasteiger partial charge in [0, 0.05) is 24.9 Å². The first kappa shape index (κ1) is 14.0. The van der Waals surface area contributed by atoms with Crippen LogP contribution < -0.4 is 5.63 Å². The molecule has 0 saturated carbocycles. The van der Waals surface area contributed by atoms with E-state index in [2.05, 4.69) is 0 Å². The Bertz CT molecular complexity index is 644. The molecule has 1 fully saturated rings. The van der Waals surface area contributed by atoms with Crippen molar-refractivity contribution in [1.29, 1.82) is 0 Å². The third kappa shape index (κ3) is 3.21. The highest BCUT2D eigenvalue weighted by molar-refractivity contribution is 7.99. The summed E-state index contributed by atoms with van der Waals surface area (Å²) in [7, 11) is 0. The summed E-state index contributed by atoms with van der Waals surface area (Å²) in [5.74, 6) is 1.72. The first-order valence-corrected chi connectivity index (χ1v) is 7.82. The van der Waals surface area contributed by atoms with Gasteiger partial charge >= 0.3 is 5.63 Å². The van der Waals surface area contributed by atoms with Crippen LogP contribution in [0.15, 0.2) is 50.4 Å². The molecular formula is C15H15NO4S. The maximum Gasteiger partial charge on any atom is 0.335 e. The molecule has 2 aromatic heterocycles. The van der Waals surface area contributed by atoms with Gasteiger partial charge in [0.25, 0.3) is 5.91 Å². The SMILES string of the molecule is O=C(c1ccc(=O)oc1)N1CCSC(c2ccco2)CC1. The topological polar surface area (TPSA) is 63.7 Å². The average molecular weight is 305 g/mol. The van der Waals surface area contributed by atoms with Gasteiger partial charge in [0.1, 0.15) is 12.0 Å². The molecule has 3 rings (SSSR count). The van der Waals surface area contributed by atoms with E-state index in [1.54, 1.807) is 22.9 Å². The van der Waals surface area contributed by atoms with Crippen LogP contribution in [0.2, 0.25) is 0 Å². The van der Waals surface area contributed by atoms with Crippen LogP contribution in [0.4, 0.5) is 0 Å². The molecule has 3 heterocycles. The van der Waals surface area contributed by atoms with Gasteiger partial charge in [-0.3, -0.25) is 4.79 Å². The maximum absolute atomic E-state index is 12.4. The molecule has 1 amide bonds. The second kappa shape index (κ2) is 6.22. The van der Waals surface area contributed by atoms with Crippen molar-refractivity contribution >= 4 is 17.7 Å². The summed E-state index contributed by atoms with van der Waals surface area (Å²) in [5, 5.41) is 0.284. The Hall–Kier alpha value is -1.95. The Balaban J connectivity index is 1.68. The lowest BCUT2D eigenvalue weighted by Crippen LogP contribution is -2.33. The first-order chi connectivity index (χ1) is 10.2. The monoisotopic (exact) mass is 305 g/mol. The smallest absolute Gasteiger partial charge is 0.335 e. The maximum atomic E-state index is 12.4. The lowest BCUT2D eigenvalue weighted by atomic mass is 10.2. The van der Waals surface area contributed by atoms with Crippen molar-refractivity contribution in [3.8, 4) is 0 Å². The summed E-state index contributed by atoms with van der Waals surface area (Å²) in [6, 6.07) is 6.64. The Morgan fingerprint density at radius 3 is 2.86 bits per heavy atom. The molecule has 21 heavy (non-hydrogen) atoms. The van der Waals surface area contributed by atoms with Crippen LogP contribution in [-0.4, -0.2) is 29.6 Å². The normalized spacial score (nSPS) is 19.2. The minimum absolute atomic E-state index is 0.0977. The van der Waals surface area contributed by atoms with E-state index in [0.29, 0.717) is 18.7 Å². The molecular weight excluding hydrogens is 290 g/mol. The van der Waals surface area contributed by atoms with Crippen molar-refractivity contribution in [2.24, 2.45) is 0 Å². The van der Waals surface area contributed by atoms with Gasteiger partial charge in [0.15, 0.2) is 0 Å². The number of thioether (sulfide) groups is 1. The molecule has 2 aromatic rings. The molecule has 0 bridgehead atoms. The third-order valence-corrected chi connectivity index (χ3v) is 4.73. The fourth-order valence-corrected chi connectivity index (χ4v) is 3.52. The van der Waals surface area contributed by atoms with Crippen molar-refractivity contribution < 1.29 is 13.6 Å². The highest BCUT2D eigenvalue weighted by Gasteiger charge is 2.24. The van der Waals surface area contributed by atoms with Gasteiger partial charge in [0.05, 0.1) is 17.1 Å². The van der Waals surface area contributed by atoms with E-state index in [-0.39, 0.29) is 11.2 Å². The molecule has 110 valence electrons.